The first-order chi connectivity index (χ1) is 14.9. The molecule has 0 aliphatic heterocycles. The van der Waals surface area contributed by atoms with Gasteiger partial charge in [-0.25, -0.2) is 14.6 Å². The van der Waals surface area contributed by atoms with Crippen LogP contribution >= 0.6 is 0 Å². The fraction of sp³-hybridized carbons (Fsp3) is 0.227. The van der Waals surface area contributed by atoms with Crippen molar-refractivity contribution in [3.05, 3.63) is 59.9 Å². The molecule has 0 fully saturated rings. The summed E-state index contributed by atoms with van der Waals surface area (Å²) in [6.45, 7) is 7.83. The first kappa shape index (κ1) is 19.0. The van der Waals surface area contributed by atoms with Crippen molar-refractivity contribution in [1.82, 2.24) is 29.4 Å². The standard InChI is InChI=1S/C22H21N7O2/c1-12(2)28-21-17(11-25-28)16(10-18(26-21)15-9-13(3)31-14(15)4)22(30)27-20-5-7-23-19-6-8-24-29(19)20/h5-12H,1-4H3,(H,27,30). The Morgan fingerprint density at radius 2 is 1.97 bits per heavy atom. The van der Waals surface area contributed by atoms with E-state index in [0.29, 0.717) is 33.8 Å². The van der Waals surface area contributed by atoms with Gasteiger partial charge in [0.2, 0.25) is 0 Å². The van der Waals surface area contributed by atoms with Gasteiger partial charge in [0.25, 0.3) is 5.91 Å². The second kappa shape index (κ2) is 7.05. The summed E-state index contributed by atoms with van der Waals surface area (Å²) in [7, 11) is 0. The highest BCUT2D eigenvalue weighted by Crippen LogP contribution is 2.30. The van der Waals surface area contributed by atoms with Crippen molar-refractivity contribution >= 4 is 28.4 Å². The minimum atomic E-state index is -0.280. The monoisotopic (exact) mass is 415 g/mol. The number of nitrogens with zero attached hydrogens (tertiary/aromatic N) is 6. The third-order valence-electron chi connectivity index (χ3n) is 5.15. The summed E-state index contributed by atoms with van der Waals surface area (Å²) in [5.74, 6) is 1.78. The predicted octanol–water partition coefficient (Wildman–Crippen LogP) is 4.18. The Morgan fingerprint density at radius 1 is 1.13 bits per heavy atom. The number of carbonyl (C=O) groups excluding carboxylic acids is 1. The molecule has 0 unspecified atom stereocenters. The normalized spacial score (nSPS) is 11.6. The molecule has 0 bridgehead atoms. The van der Waals surface area contributed by atoms with Crippen LogP contribution in [0.15, 0.2) is 47.3 Å². The zero-order chi connectivity index (χ0) is 21.7. The van der Waals surface area contributed by atoms with Crippen molar-refractivity contribution in [2.24, 2.45) is 0 Å². The van der Waals surface area contributed by atoms with Gasteiger partial charge in [-0.2, -0.15) is 14.7 Å². The summed E-state index contributed by atoms with van der Waals surface area (Å²) in [4.78, 5) is 22.4. The Kier molecular flexibility index (Phi) is 4.32. The van der Waals surface area contributed by atoms with E-state index in [-0.39, 0.29) is 11.9 Å². The van der Waals surface area contributed by atoms with Crippen LogP contribution in [0.25, 0.3) is 27.9 Å². The molecule has 5 rings (SSSR count). The molecule has 5 heterocycles. The van der Waals surface area contributed by atoms with Crippen LogP contribution in [-0.2, 0) is 0 Å². The molecule has 0 atom stereocenters. The average Bonchev–Trinajstić information content (AvgIpc) is 3.45. The maximum absolute atomic E-state index is 13.4. The first-order valence-electron chi connectivity index (χ1n) is 9.98. The van der Waals surface area contributed by atoms with E-state index < -0.39 is 0 Å². The smallest absolute Gasteiger partial charge is 0.257 e. The highest BCUT2D eigenvalue weighted by molar-refractivity contribution is 6.12. The molecule has 0 radical (unpaired) electrons. The lowest BCUT2D eigenvalue weighted by Crippen LogP contribution is -2.16. The molecule has 0 spiro atoms. The van der Waals surface area contributed by atoms with Gasteiger partial charge in [-0.15, -0.1) is 0 Å². The number of aromatic nitrogens is 6. The van der Waals surface area contributed by atoms with Crippen molar-refractivity contribution in [2.75, 3.05) is 5.32 Å². The minimum Gasteiger partial charge on any atom is -0.466 e. The molecule has 1 N–H and O–H groups in total. The van der Waals surface area contributed by atoms with Crippen molar-refractivity contribution in [3.8, 4) is 11.3 Å². The number of pyridine rings is 1. The molecule has 5 aromatic rings. The predicted molar refractivity (Wildman–Crippen MR) is 116 cm³/mol. The third kappa shape index (κ3) is 3.14. The topological polar surface area (TPSA) is 103 Å². The quantitative estimate of drug-likeness (QED) is 0.472. The number of hydrogen-bond donors (Lipinski definition) is 1. The lowest BCUT2D eigenvalue weighted by Gasteiger charge is -2.11. The van der Waals surface area contributed by atoms with Gasteiger partial charge < -0.3 is 9.73 Å². The molecule has 156 valence electrons. The van der Waals surface area contributed by atoms with Gasteiger partial charge >= 0.3 is 0 Å². The van der Waals surface area contributed by atoms with Crippen LogP contribution in [0.3, 0.4) is 0 Å². The number of carbonyl (C=O) groups is 1. The number of hydrogen-bond acceptors (Lipinski definition) is 6. The highest BCUT2D eigenvalue weighted by atomic mass is 16.3. The highest BCUT2D eigenvalue weighted by Gasteiger charge is 2.21. The summed E-state index contributed by atoms with van der Waals surface area (Å²) in [5.41, 5.74) is 3.28. The number of nitrogens with one attached hydrogen (secondary N) is 1. The Labute approximate surface area is 177 Å². The summed E-state index contributed by atoms with van der Waals surface area (Å²) in [6, 6.07) is 7.28. The first-order valence-corrected chi connectivity index (χ1v) is 9.98. The van der Waals surface area contributed by atoms with Gasteiger partial charge in [0.1, 0.15) is 17.3 Å². The van der Waals surface area contributed by atoms with Gasteiger partial charge in [0.15, 0.2) is 11.3 Å². The maximum Gasteiger partial charge on any atom is 0.257 e. The van der Waals surface area contributed by atoms with E-state index in [0.717, 1.165) is 17.1 Å². The molecule has 9 heteroatoms. The van der Waals surface area contributed by atoms with Gasteiger partial charge in [0.05, 0.1) is 29.0 Å². The fourth-order valence-electron chi connectivity index (χ4n) is 3.72. The van der Waals surface area contributed by atoms with E-state index in [1.165, 1.54) is 0 Å². The van der Waals surface area contributed by atoms with Crippen LogP contribution in [0.4, 0.5) is 5.82 Å². The number of aryl methyl sites for hydroxylation is 2. The molecule has 0 aliphatic carbocycles. The Hall–Kier alpha value is -4.01. The second-order valence-electron chi connectivity index (χ2n) is 7.69. The third-order valence-corrected chi connectivity index (χ3v) is 5.15. The summed E-state index contributed by atoms with van der Waals surface area (Å²) in [5, 5.41) is 12.3. The van der Waals surface area contributed by atoms with E-state index in [4.69, 9.17) is 9.40 Å². The zero-order valence-electron chi connectivity index (χ0n) is 17.6. The largest absolute Gasteiger partial charge is 0.466 e. The molecule has 0 aliphatic rings. The number of furan rings is 1. The molecular formula is C22H21N7O2. The van der Waals surface area contributed by atoms with Crippen LogP contribution in [0, 0.1) is 13.8 Å². The molecule has 0 aromatic carbocycles. The van der Waals surface area contributed by atoms with Gasteiger partial charge in [-0.3, -0.25) is 4.79 Å². The molecule has 31 heavy (non-hydrogen) atoms. The SMILES string of the molecule is Cc1cc(-c2cc(C(=O)Nc3ccnc4ccnn34)c3cnn(C(C)C)c3n2)c(C)o1. The van der Waals surface area contributed by atoms with E-state index in [2.05, 4.69) is 20.5 Å². The number of amides is 1. The molecule has 0 saturated carbocycles. The molecule has 9 nitrogen and oxygen atoms in total. The van der Waals surface area contributed by atoms with Crippen LogP contribution in [-0.4, -0.2) is 35.3 Å². The number of fused-ring (bicyclic) bond motifs is 2. The molecule has 5 aromatic heterocycles. The fourth-order valence-corrected chi connectivity index (χ4v) is 3.72. The minimum absolute atomic E-state index is 0.0900. The summed E-state index contributed by atoms with van der Waals surface area (Å²) < 4.78 is 9.09. The van der Waals surface area contributed by atoms with Crippen LogP contribution in [0.5, 0.6) is 0 Å². The van der Waals surface area contributed by atoms with Crippen molar-refractivity contribution < 1.29 is 9.21 Å². The molecular weight excluding hydrogens is 394 g/mol. The molecule has 1 amide bonds. The van der Waals surface area contributed by atoms with Gasteiger partial charge in [-0.1, -0.05) is 0 Å². The summed E-state index contributed by atoms with van der Waals surface area (Å²) >= 11 is 0. The Bertz CT molecular complexity index is 1440. The van der Waals surface area contributed by atoms with Crippen molar-refractivity contribution in [3.63, 3.8) is 0 Å². The van der Waals surface area contributed by atoms with Crippen LogP contribution < -0.4 is 5.32 Å². The zero-order valence-corrected chi connectivity index (χ0v) is 17.6. The maximum atomic E-state index is 13.4. The van der Waals surface area contributed by atoms with Gasteiger partial charge in [-0.05, 0) is 45.9 Å². The van der Waals surface area contributed by atoms with E-state index in [1.54, 1.807) is 41.3 Å². The lowest BCUT2D eigenvalue weighted by atomic mass is 10.1. The van der Waals surface area contributed by atoms with Crippen LogP contribution in [0.2, 0.25) is 0 Å². The second-order valence-corrected chi connectivity index (χ2v) is 7.69. The van der Waals surface area contributed by atoms with E-state index >= 15 is 0 Å². The van der Waals surface area contributed by atoms with E-state index in [1.807, 2.05) is 38.4 Å². The lowest BCUT2D eigenvalue weighted by molar-refractivity contribution is 0.102. The Balaban J connectivity index is 1.67. The number of rotatable bonds is 4. The van der Waals surface area contributed by atoms with Gasteiger partial charge in [0, 0.05) is 23.9 Å². The van der Waals surface area contributed by atoms with Crippen LogP contribution in [0.1, 0.15) is 41.8 Å². The average molecular weight is 415 g/mol. The van der Waals surface area contributed by atoms with E-state index in [9.17, 15) is 4.79 Å². The summed E-state index contributed by atoms with van der Waals surface area (Å²) in [6.07, 6.45) is 4.95. The van der Waals surface area contributed by atoms with Crippen molar-refractivity contribution in [2.45, 2.75) is 33.7 Å². The Morgan fingerprint density at radius 3 is 2.71 bits per heavy atom. The van der Waals surface area contributed by atoms with Crippen molar-refractivity contribution in [1.29, 1.82) is 0 Å². The molecule has 0 saturated heterocycles. The number of anilines is 1.